The van der Waals surface area contributed by atoms with E-state index in [1.54, 1.807) is 24.3 Å². The number of benzene rings is 1. The maximum absolute atomic E-state index is 12.3. The van der Waals surface area contributed by atoms with Gasteiger partial charge in [-0.1, -0.05) is 17.7 Å². The Morgan fingerprint density at radius 1 is 1.41 bits per heavy atom. The first-order chi connectivity index (χ1) is 8.18. The van der Waals surface area contributed by atoms with Gasteiger partial charge in [0.25, 0.3) is 5.91 Å². The summed E-state index contributed by atoms with van der Waals surface area (Å²) in [7, 11) is 0. The molecule has 1 aliphatic rings. The minimum atomic E-state index is -1.32. The van der Waals surface area contributed by atoms with E-state index in [4.69, 9.17) is 11.6 Å². The predicted molar refractivity (Wildman–Crippen MR) is 68.5 cm³/mol. The van der Waals surface area contributed by atoms with Crippen molar-refractivity contribution in [1.82, 2.24) is 5.32 Å². The van der Waals surface area contributed by atoms with E-state index in [-0.39, 0.29) is 5.91 Å². The predicted octanol–water partition coefficient (Wildman–Crippen LogP) is 2.12. The van der Waals surface area contributed by atoms with Crippen molar-refractivity contribution >= 4 is 28.7 Å². The van der Waals surface area contributed by atoms with Gasteiger partial charge in [-0.3, -0.25) is 4.79 Å². The summed E-state index contributed by atoms with van der Waals surface area (Å²) in [5.41, 5.74) is 0. The summed E-state index contributed by atoms with van der Waals surface area (Å²) >= 11 is 4.54. The molecule has 3 nitrogen and oxygen atoms in total. The molecule has 1 N–H and O–H groups in total. The van der Waals surface area contributed by atoms with Gasteiger partial charge < -0.3 is 9.87 Å². The molecule has 1 fully saturated rings. The SMILES string of the molecule is O=C1NCCCCC1[S+]([O-])c1cccc(Cl)c1. The lowest BCUT2D eigenvalue weighted by atomic mass is 10.2. The summed E-state index contributed by atoms with van der Waals surface area (Å²) < 4.78 is 12.3. The van der Waals surface area contributed by atoms with Crippen LogP contribution < -0.4 is 5.32 Å². The molecule has 1 aromatic rings. The van der Waals surface area contributed by atoms with Crippen LogP contribution in [-0.2, 0) is 16.0 Å². The fourth-order valence-corrected chi connectivity index (χ4v) is 3.57. The molecule has 17 heavy (non-hydrogen) atoms. The zero-order valence-corrected chi connectivity index (χ0v) is 10.9. The van der Waals surface area contributed by atoms with Crippen LogP contribution in [0.3, 0.4) is 0 Å². The lowest BCUT2D eigenvalue weighted by Crippen LogP contribution is -2.38. The first-order valence-electron chi connectivity index (χ1n) is 5.62. The quantitative estimate of drug-likeness (QED) is 0.838. The smallest absolute Gasteiger partial charge is 0.273 e. The van der Waals surface area contributed by atoms with Crippen LogP contribution in [0.25, 0.3) is 0 Å². The van der Waals surface area contributed by atoms with Crippen molar-refractivity contribution in [3.05, 3.63) is 29.3 Å². The van der Waals surface area contributed by atoms with Crippen molar-refractivity contribution in [3.8, 4) is 0 Å². The van der Waals surface area contributed by atoms with Crippen molar-refractivity contribution in [2.45, 2.75) is 29.4 Å². The normalized spacial score (nSPS) is 22.7. The molecular formula is C12H14ClNO2S. The summed E-state index contributed by atoms with van der Waals surface area (Å²) in [6, 6.07) is 6.90. The van der Waals surface area contributed by atoms with Crippen molar-refractivity contribution < 1.29 is 9.35 Å². The average Bonchev–Trinajstić information content (AvgIpc) is 2.53. The van der Waals surface area contributed by atoms with Gasteiger partial charge in [-0.2, -0.15) is 0 Å². The maximum atomic E-state index is 12.3. The largest absolute Gasteiger partial charge is 0.611 e. The first kappa shape index (κ1) is 12.7. The molecular weight excluding hydrogens is 258 g/mol. The van der Waals surface area contributed by atoms with Gasteiger partial charge in [0.2, 0.25) is 0 Å². The topological polar surface area (TPSA) is 52.2 Å². The van der Waals surface area contributed by atoms with E-state index in [2.05, 4.69) is 5.32 Å². The summed E-state index contributed by atoms with van der Waals surface area (Å²) in [5.74, 6) is -0.110. The second-order valence-electron chi connectivity index (χ2n) is 4.03. The van der Waals surface area contributed by atoms with Crippen molar-refractivity contribution in [1.29, 1.82) is 0 Å². The number of hydrogen-bond acceptors (Lipinski definition) is 2. The summed E-state index contributed by atoms with van der Waals surface area (Å²) in [6.45, 7) is 0.683. The van der Waals surface area contributed by atoms with Crippen molar-refractivity contribution in [3.63, 3.8) is 0 Å². The Bertz CT molecular complexity index is 413. The van der Waals surface area contributed by atoms with E-state index in [0.29, 0.717) is 22.9 Å². The molecule has 92 valence electrons. The van der Waals surface area contributed by atoms with Gasteiger partial charge in [0.1, 0.15) is 0 Å². The van der Waals surface area contributed by atoms with Crippen LogP contribution in [-0.4, -0.2) is 22.3 Å². The summed E-state index contributed by atoms with van der Waals surface area (Å²) in [6.07, 6.45) is 2.55. The van der Waals surface area contributed by atoms with E-state index in [1.807, 2.05) is 0 Å². The Labute approximate surface area is 109 Å². The Kier molecular flexibility index (Phi) is 4.31. The molecule has 1 aromatic carbocycles. The van der Waals surface area contributed by atoms with Gasteiger partial charge in [-0.05, 0) is 36.2 Å². The third kappa shape index (κ3) is 3.15. The third-order valence-electron chi connectivity index (χ3n) is 2.77. The lowest BCUT2D eigenvalue weighted by molar-refractivity contribution is -0.120. The minimum absolute atomic E-state index is 0.110. The molecule has 2 rings (SSSR count). The molecule has 1 saturated heterocycles. The molecule has 2 atom stereocenters. The van der Waals surface area contributed by atoms with Gasteiger partial charge in [-0.25, -0.2) is 0 Å². The summed E-state index contributed by atoms with van der Waals surface area (Å²) in [4.78, 5) is 12.4. The van der Waals surface area contributed by atoms with E-state index in [0.717, 1.165) is 12.8 Å². The fraction of sp³-hybridized carbons (Fsp3) is 0.417. The lowest BCUT2D eigenvalue weighted by Gasteiger charge is -2.18. The van der Waals surface area contributed by atoms with Gasteiger partial charge in [-0.15, -0.1) is 0 Å². The van der Waals surface area contributed by atoms with Gasteiger partial charge in [0, 0.05) is 24.1 Å². The van der Waals surface area contributed by atoms with E-state index in [1.165, 1.54) is 0 Å². The molecule has 0 bridgehead atoms. The molecule has 1 aliphatic heterocycles. The summed E-state index contributed by atoms with van der Waals surface area (Å²) in [5, 5.41) is 2.89. The van der Waals surface area contributed by atoms with Crippen LogP contribution in [0.15, 0.2) is 29.2 Å². The molecule has 0 spiro atoms. The molecule has 1 heterocycles. The number of amides is 1. The van der Waals surface area contributed by atoms with Gasteiger partial charge >= 0.3 is 0 Å². The van der Waals surface area contributed by atoms with Crippen molar-refractivity contribution in [2.75, 3.05) is 6.54 Å². The molecule has 0 radical (unpaired) electrons. The van der Waals surface area contributed by atoms with Crippen LogP contribution in [0.2, 0.25) is 5.02 Å². The number of carbonyl (C=O) groups is 1. The van der Waals surface area contributed by atoms with Crippen molar-refractivity contribution in [2.24, 2.45) is 0 Å². The third-order valence-corrected chi connectivity index (χ3v) is 4.69. The van der Waals surface area contributed by atoms with Crippen LogP contribution >= 0.6 is 11.6 Å². The molecule has 0 saturated carbocycles. The highest BCUT2D eigenvalue weighted by Gasteiger charge is 2.33. The Morgan fingerprint density at radius 3 is 3.00 bits per heavy atom. The van der Waals surface area contributed by atoms with E-state index < -0.39 is 16.4 Å². The second-order valence-corrected chi connectivity index (χ2v) is 6.10. The van der Waals surface area contributed by atoms with Gasteiger partial charge in [0.05, 0.1) is 0 Å². The number of rotatable bonds is 2. The highest BCUT2D eigenvalue weighted by atomic mass is 35.5. The molecule has 1 amide bonds. The zero-order valence-electron chi connectivity index (χ0n) is 9.32. The van der Waals surface area contributed by atoms with Crippen LogP contribution in [0, 0.1) is 0 Å². The molecule has 5 heteroatoms. The monoisotopic (exact) mass is 271 g/mol. The highest BCUT2D eigenvalue weighted by Crippen LogP contribution is 2.24. The fourth-order valence-electron chi connectivity index (χ4n) is 1.87. The minimum Gasteiger partial charge on any atom is -0.611 e. The molecule has 0 aliphatic carbocycles. The maximum Gasteiger partial charge on any atom is 0.273 e. The first-order valence-corrected chi connectivity index (χ1v) is 7.21. The van der Waals surface area contributed by atoms with Crippen LogP contribution in [0.1, 0.15) is 19.3 Å². The molecule has 0 aromatic heterocycles. The second kappa shape index (κ2) is 5.76. The standard InChI is InChI=1S/C12H14ClNO2S/c13-9-4-3-5-10(8-9)17(16)11-6-1-2-7-14-12(11)15/h3-5,8,11H,1-2,6-7H2,(H,14,15). The van der Waals surface area contributed by atoms with E-state index >= 15 is 0 Å². The van der Waals surface area contributed by atoms with E-state index in [9.17, 15) is 9.35 Å². The zero-order chi connectivity index (χ0) is 12.3. The van der Waals surface area contributed by atoms with Crippen LogP contribution in [0.4, 0.5) is 0 Å². The van der Waals surface area contributed by atoms with Gasteiger partial charge in [0.15, 0.2) is 10.1 Å². The Balaban J connectivity index is 2.17. The van der Waals surface area contributed by atoms with Crippen LogP contribution in [0.5, 0.6) is 0 Å². The Hall–Kier alpha value is -0.710. The number of hydrogen-bond donors (Lipinski definition) is 1. The highest BCUT2D eigenvalue weighted by molar-refractivity contribution is 7.92. The number of nitrogens with one attached hydrogen (secondary N) is 1. The average molecular weight is 272 g/mol. The molecule has 2 unspecified atom stereocenters. The Morgan fingerprint density at radius 2 is 2.24 bits per heavy atom. The number of halogens is 1. The number of carbonyl (C=O) groups excluding carboxylic acids is 1.